The lowest BCUT2D eigenvalue weighted by molar-refractivity contribution is 0.311. The Bertz CT molecular complexity index is 1440. The van der Waals surface area contributed by atoms with E-state index in [0.717, 1.165) is 19.5 Å². The van der Waals surface area contributed by atoms with Crippen LogP contribution in [-0.2, 0) is 13.0 Å². The van der Waals surface area contributed by atoms with E-state index in [4.69, 9.17) is 0 Å². The van der Waals surface area contributed by atoms with E-state index in [1.807, 2.05) is 12.4 Å². The minimum atomic E-state index is 1.01. The van der Waals surface area contributed by atoms with E-state index in [1.165, 1.54) is 55.3 Å². The maximum atomic E-state index is 4.51. The fourth-order valence-corrected chi connectivity index (χ4v) is 5.06. The third-order valence-electron chi connectivity index (χ3n) is 6.58. The molecule has 6 rings (SSSR count). The van der Waals surface area contributed by atoms with Crippen molar-refractivity contribution >= 4 is 21.7 Å². The zero-order valence-corrected chi connectivity index (χ0v) is 18.0. The van der Waals surface area contributed by atoms with Crippen LogP contribution in [0, 0.1) is 6.92 Å². The van der Waals surface area contributed by atoms with Crippen LogP contribution in [0.5, 0.6) is 0 Å². The van der Waals surface area contributed by atoms with Crippen molar-refractivity contribution in [3.05, 3.63) is 95.9 Å². The topological polar surface area (TPSA) is 21.1 Å². The molecule has 0 amide bonds. The summed E-state index contributed by atoms with van der Waals surface area (Å²) in [5.74, 6) is 0. The van der Waals surface area contributed by atoms with E-state index in [2.05, 4.69) is 95.2 Å². The molecule has 0 saturated heterocycles. The minimum absolute atomic E-state index is 1.01. The number of hydrogen-bond donors (Lipinski definition) is 0. The Labute approximate surface area is 182 Å². The molecule has 0 atom stereocenters. The van der Waals surface area contributed by atoms with Gasteiger partial charge in [0.05, 0.1) is 5.52 Å². The fourth-order valence-electron chi connectivity index (χ4n) is 5.06. The molecule has 0 aliphatic carbocycles. The van der Waals surface area contributed by atoms with E-state index in [0.29, 0.717) is 0 Å². The van der Waals surface area contributed by atoms with Gasteiger partial charge in [0.2, 0.25) is 0 Å². The predicted octanol–water partition coefficient (Wildman–Crippen LogP) is 6.14. The lowest BCUT2D eigenvalue weighted by atomic mass is 10.0. The van der Waals surface area contributed by atoms with Crippen molar-refractivity contribution in [1.82, 2.24) is 14.5 Å². The number of aromatic nitrogens is 2. The zero-order chi connectivity index (χ0) is 20.9. The lowest BCUT2D eigenvalue weighted by Crippen LogP contribution is -2.27. The Morgan fingerprint density at radius 1 is 0.871 bits per heavy atom. The van der Waals surface area contributed by atoms with E-state index >= 15 is 0 Å². The molecule has 152 valence electrons. The van der Waals surface area contributed by atoms with Gasteiger partial charge in [-0.1, -0.05) is 48.0 Å². The Kier molecular flexibility index (Phi) is 4.18. The molecule has 1 aliphatic rings. The van der Waals surface area contributed by atoms with Crippen LogP contribution < -0.4 is 0 Å². The highest BCUT2D eigenvalue weighted by molar-refractivity contribution is 5.96. The largest absolute Gasteiger partial charge is 0.313 e. The number of aryl methyl sites for hydroxylation is 1. The molecule has 31 heavy (non-hydrogen) atoms. The molecule has 1 aliphatic heterocycles. The van der Waals surface area contributed by atoms with Gasteiger partial charge in [0.15, 0.2) is 0 Å². The van der Waals surface area contributed by atoms with Crippen molar-refractivity contribution in [1.29, 1.82) is 0 Å². The fraction of sp³-hybridized carbons (Fsp3) is 0.179. The van der Waals surface area contributed by atoms with Crippen LogP contribution in [-0.4, -0.2) is 28.0 Å². The highest BCUT2D eigenvalue weighted by atomic mass is 15.1. The van der Waals surface area contributed by atoms with Gasteiger partial charge < -0.3 is 9.47 Å². The van der Waals surface area contributed by atoms with Crippen molar-refractivity contribution in [3.63, 3.8) is 0 Å². The van der Waals surface area contributed by atoms with Gasteiger partial charge in [0, 0.05) is 59.6 Å². The number of pyridine rings is 1. The van der Waals surface area contributed by atoms with Crippen LogP contribution in [0.1, 0.15) is 16.8 Å². The molecule has 5 aromatic rings. The minimum Gasteiger partial charge on any atom is -0.313 e. The summed E-state index contributed by atoms with van der Waals surface area (Å²) in [5, 5.41) is 3.80. The highest BCUT2D eigenvalue weighted by Crippen LogP contribution is 2.35. The van der Waals surface area contributed by atoms with Gasteiger partial charge in [0.25, 0.3) is 0 Å². The first-order valence-electron chi connectivity index (χ1n) is 10.9. The third kappa shape index (κ3) is 2.96. The van der Waals surface area contributed by atoms with Crippen LogP contribution in [0.25, 0.3) is 38.5 Å². The summed E-state index contributed by atoms with van der Waals surface area (Å²) in [6.45, 7) is 4.29. The van der Waals surface area contributed by atoms with Crippen LogP contribution in [0.15, 0.2) is 79.1 Å². The summed E-state index contributed by atoms with van der Waals surface area (Å²) in [7, 11) is 2.22. The Morgan fingerprint density at radius 2 is 1.77 bits per heavy atom. The van der Waals surface area contributed by atoms with E-state index in [-0.39, 0.29) is 0 Å². The van der Waals surface area contributed by atoms with Gasteiger partial charge >= 0.3 is 0 Å². The zero-order valence-electron chi connectivity index (χ0n) is 18.0. The molecular formula is C28H25N3. The van der Waals surface area contributed by atoms with E-state index in [1.54, 1.807) is 0 Å². The van der Waals surface area contributed by atoms with E-state index in [9.17, 15) is 0 Å². The van der Waals surface area contributed by atoms with Gasteiger partial charge in [-0.15, -0.1) is 0 Å². The summed E-state index contributed by atoms with van der Waals surface area (Å²) in [5.41, 5.74) is 9.16. The Hall–Kier alpha value is -3.43. The van der Waals surface area contributed by atoms with Crippen molar-refractivity contribution in [3.8, 4) is 16.8 Å². The number of fused-ring (bicyclic) bond motifs is 4. The quantitative estimate of drug-likeness (QED) is 0.353. The molecular weight excluding hydrogens is 378 g/mol. The summed E-state index contributed by atoms with van der Waals surface area (Å²) in [6, 6.07) is 24.3. The molecule has 3 heterocycles. The first kappa shape index (κ1) is 18.3. The first-order chi connectivity index (χ1) is 15.2. The SMILES string of the molecule is Cc1ccc2c(c1)c1c(n2-c2cccc(-c3cncc4ccccc34)c2)CCN(C)C1. The Morgan fingerprint density at radius 3 is 2.71 bits per heavy atom. The lowest BCUT2D eigenvalue weighted by Gasteiger charge is -2.24. The number of hydrogen-bond acceptors (Lipinski definition) is 2. The third-order valence-corrected chi connectivity index (χ3v) is 6.58. The van der Waals surface area contributed by atoms with Crippen LogP contribution in [0.3, 0.4) is 0 Å². The second kappa shape index (κ2) is 7.07. The summed E-state index contributed by atoms with van der Waals surface area (Å²) in [6.07, 6.45) is 5.00. The molecule has 0 N–H and O–H groups in total. The van der Waals surface area contributed by atoms with Crippen molar-refractivity contribution in [2.75, 3.05) is 13.6 Å². The molecule has 2 aromatic heterocycles. The maximum absolute atomic E-state index is 4.51. The molecule has 0 bridgehead atoms. The summed E-state index contributed by atoms with van der Waals surface area (Å²) in [4.78, 5) is 6.93. The average molecular weight is 404 g/mol. The monoisotopic (exact) mass is 403 g/mol. The van der Waals surface area contributed by atoms with Gasteiger partial charge in [-0.25, -0.2) is 0 Å². The highest BCUT2D eigenvalue weighted by Gasteiger charge is 2.23. The first-order valence-corrected chi connectivity index (χ1v) is 10.9. The van der Waals surface area contributed by atoms with Crippen LogP contribution in [0.2, 0.25) is 0 Å². The molecule has 0 unspecified atom stereocenters. The second-order valence-electron chi connectivity index (χ2n) is 8.73. The van der Waals surface area contributed by atoms with Gasteiger partial charge in [-0.2, -0.15) is 0 Å². The predicted molar refractivity (Wildman–Crippen MR) is 129 cm³/mol. The molecule has 3 heteroatoms. The number of rotatable bonds is 2. The Balaban J connectivity index is 1.59. The van der Waals surface area contributed by atoms with Gasteiger partial charge in [-0.05, 0) is 54.8 Å². The molecule has 0 radical (unpaired) electrons. The number of nitrogens with zero attached hydrogens (tertiary/aromatic N) is 3. The van der Waals surface area contributed by atoms with Crippen molar-refractivity contribution in [2.45, 2.75) is 19.9 Å². The number of likely N-dealkylation sites (N-methyl/N-ethyl adjacent to an activating group) is 1. The standard InChI is InChI=1S/C28H25N3/c1-19-10-11-27-24(14-19)26-18-30(2)13-12-28(26)31(27)22-8-5-7-20(15-22)25-17-29-16-21-6-3-4-9-23(21)25/h3-11,14-17H,12-13,18H2,1-2H3. The maximum Gasteiger partial charge on any atom is 0.0535 e. The second-order valence-corrected chi connectivity index (χ2v) is 8.73. The summed E-state index contributed by atoms with van der Waals surface area (Å²) < 4.78 is 2.49. The van der Waals surface area contributed by atoms with E-state index < -0.39 is 0 Å². The van der Waals surface area contributed by atoms with Gasteiger partial charge in [-0.3, -0.25) is 4.98 Å². The van der Waals surface area contributed by atoms with Crippen LogP contribution in [0.4, 0.5) is 0 Å². The summed E-state index contributed by atoms with van der Waals surface area (Å²) >= 11 is 0. The van der Waals surface area contributed by atoms with Crippen molar-refractivity contribution in [2.24, 2.45) is 0 Å². The molecule has 0 fully saturated rings. The molecule has 3 aromatic carbocycles. The van der Waals surface area contributed by atoms with Gasteiger partial charge in [0.1, 0.15) is 0 Å². The number of benzene rings is 3. The van der Waals surface area contributed by atoms with Crippen molar-refractivity contribution < 1.29 is 0 Å². The molecule has 3 nitrogen and oxygen atoms in total. The van der Waals surface area contributed by atoms with Crippen LogP contribution >= 0.6 is 0 Å². The normalized spacial score (nSPS) is 14.3. The molecule has 0 spiro atoms. The average Bonchev–Trinajstić information content (AvgIpc) is 3.11. The smallest absolute Gasteiger partial charge is 0.0535 e. The molecule has 0 saturated carbocycles.